The van der Waals surface area contributed by atoms with Gasteiger partial charge in [-0.05, 0) is 60.4 Å². The first-order chi connectivity index (χ1) is 21.3. The number of carbonyl (C=O) groups is 1. The molecule has 5 rings (SSSR count). The zero-order chi connectivity index (χ0) is 31.2. The van der Waals surface area contributed by atoms with E-state index >= 15 is 0 Å². The highest BCUT2D eigenvalue weighted by Crippen LogP contribution is 2.36. The van der Waals surface area contributed by atoms with Crippen molar-refractivity contribution in [2.45, 2.75) is 39.3 Å². The molecular weight excluding hydrogens is 580 g/mol. The van der Waals surface area contributed by atoms with Crippen LogP contribution in [0.1, 0.15) is 49.4 Å². The van der Waals surface area contributed by atoms with E-state index in [4.69, 9.17) is 18.9 Å². The van der Waals surface area contributed by atoms with Crippen LogP contribution in [0.4, 0.5) is 0 Å². The number of carbonyl (C=O) groups excluding carboxylic acids is 1. The molecule has 1 aliphatic rings. The van der Waals surface area contributed by atoms with Crippen molar-refractivity contribution in [3.63, 3.8) is 0 Å². The second kappa shape index (κ2) is 13.6. The van der Waals surface area contributed by atoms with E-state index in [-0.39, 0.29) is 29.2 Å². The normalized spacial score (nSPS) is 14.5. The largest absolute Gasteiger partial charge is 0.504 e. The number of phenols is 1. The van der Waals surface area contributed by atoms with Crippen molar-refractivity contribution in [1.82, 2.24) is 4.57 Å². The number of thiazole rings is 1. The van der Waals surface area contributed by atoms with Gasteiger partial charge in [0, 0.05) is 0 Å². The number of esters is 1. The Bertz CT molecular complexity index is 1880. The van der Waals surface area contributed by atoms with E-state index in [1.807, 2.05) is 36.4 Å². The zero-order valence-corrected chi connectivity index (χ0v) is 25.8. The Hall–Kier alpha value is -4.83. The summed E-state index contributed by atoms with van der Waals surface area (Å²) in [6, 6.07) is 18.8. The van der Waals surface area contributed by atoms with Crippen LogP contribution in [0.15, 0.2) is 87.8 Å². The first kappa shape index (κ1) is 30.6. The highest BCUT2D eigenvalue weighted by atomic mass is 32.1. The summed E-state index contributed by atoms with van der Waals surface area (Å²) in [7, 11) is 3.02. The van der Waals surface area contributed by atoms with Crippen LogP contribution >= 0.6 is 11.3 Å². The highest BCUT2D eigenvalue weighted by Gasteiger charge is 2.34. The molecule has 0 fully saturated rings. The standard InChI is InChI=1S/C34H34N2O7S/c1-5-6-16-42-26-15-13-24(19-28(26)41-4)31-30(33(39)43-20-22-10-8-7-9-11-22)21(2)35-34-36(31)32(38)29(44-34)18-23-12-14-25(37)27(17-23)40-3/h7-15,17-19,31,37H,5-6,16,20H2,1-4H3. The average Bonchev–Trinajstić information content (AvgIpc) is 3.34. The summed E-state index contributed by atoms with van der Waals surface area (Å²) >= 11 is 1.21. The Kier molecular flexibility index (Phi) is 9.50. The molecule has 0 radical (unpaired) electrons. The number of rotatable bonds is 11. The second-order valence-corrected chi connectivity index (χ2v) is 11.2. The predicted molar refractivity (Wildman–Crippen MR) is 168 cm³/mol. The Morgan fingerprint density at radius 1 is 1.02 bits per heavy atom. The summed E-state index contributed by atoms with van der Waals surface area (Å²) < 4.78 is 24.5. The van der Waals surface area contributed by atoms with E-state index in [9.17, 15) is 14.7 Å². The Morgan fingerprint density at radius 3 is 2.52 bits per heavy atom. The number of nitrogens with zero attached hydrogens (tertiary/aromatic N) is 2. The van der Waals surface area contributed by atoms with Gasteiger partial charge in [-0.2, -0.15) is 0 Å². The Morgan fingerprint density at radius 2 is 1.80 bits per heavy atom. The Balaban J connectivity index is 1.62. The van der Waals surface area contributed by atoms with Crippen LogP contribution in [0.3, 0.4) is 0 Å². The molecule has 228 valence electrons. The minimum atomic E-state index is -0.829. The summed E-state index contributed by atoms with van der Waals surface area (Å²) in [5.41, 5.74) is 2.53. The zero-order valence-electron chi connectivity index (χ0n) is 25.0. The summed E-state index contributed by atoms with van der Waals surface area (Å²) in [6.07, 6.45) is 3.60. The molecule has 0 saturated carbocycles. The molecular formula is C34H34N2O7S. The average molecular weight is 615 g/mol. The van der Waals surface area contributed by atoms with Gasteiger partial charge in [0.05, 0.1) is 42.7 Å². The van der Waals surface area contributed by atoms with Gasteiger partial charge in [-0.1, -0.05) is 67.1 Å². The van der Waals surface area contributed by atoms with Gasteiger partial charge < -0.3 is 24.1 Å². The van der Waals surface area contributed by atoms with Crippen LogP contribution in [-0.2, 0) is 16.1 Å². The molecule has 0 spiro atoms. The third-order valence-electron chi connectivity index (χ3n) is 7.21. The minimum Gasteiger partial charge on any atom is -0.504 e. The van der Waals surface area contributed by atoms with Crippen molar-refractivity contribution in [2.75, 3.05) is 20.8 Å². The summed E-state index contributed by atoms with van der Waals surface area (Å²) in [5.74, 6) is 0.782. The summed E-state index contributed by atoms with van der Waals surface area (Å²) in [5, 5.41) is 10.0. The summed E-state index contributed by atoms with van der Waals surface area (Å²) in [4.78, 5) is 32.9. The lowest BCUT2D eigenvalue weighted by molar-refractivity contribution is -0.140. The van der Waals surface area contributed by atoms with Gasteiger partial charge in [0.15, 0.2) is 27.8 Å². The number of unbranched alkanes of at least 4 members (excludes halogenated alkanes) is 1. The van der Waals surface area contributed by atoms with Crippen molar-refractivity contribution in [1.29, 1.82) is 0 Å². The van der Waals surface area contributed by atoms with Gasteiger partial charge in [0.1, 0.15) is 6.61 Å². The maximum atomic E-state index is 14.0. The van der Waals surface area contributed by atoms with E-state index in [0.29, 0.717) is 44.3 Å². The maximum Gasteiger partial charge on any atom is 0.338 e. The molecule has 3 aromatic carbocycles. The van der Waals surface area contributed by atoms with Crippen molar-refractivity contribution in [3.05, 3.63) is 114 Å². The number of hydrogen-bond donors (Lipinski definition) is 1. The summed E-state index contributed by atoms with van der Waals surface area (Å²) in [6.45, 7) is 4.45. The quantitative estimate of drug-likeness (QED) is 0.190. The predicted octanol–water partition coefficient (Wildman–Crippen LogP) is 4.88. The lowest BCUT2D eigenvalue weighted by Gasteiger charge is -2.25. The molecule has 2 heterocycles. The third-order valence-corrected chi connectivity index (χ3v) is 8.20. The van der Waals surface area contributed by atoms with Gasteiger partial charge in [0.25, 0.3) is 5.56 Å². The number of ether oxygens (including phenoxy) is 4. The first-order valence-corrected chi connectivity index (χ1v) is 15.1. The molecule has 4 aromatic rings. The fourth-order valence-electron chi connectivity index (χ4n) is 4.93. The number of allylic oxidation sites excluding steroid dienone is 1. The van der Waals surface area contributed by atoms with Crippen molar-refractivity contribution >= 4 is 23.4 Å². The van der Waals surface area contributed by atoms with Crippen LogP contribution < -0.4 is 29.1 Å². The van der Waals surface area contributed by atoms with Crippen LogP contribution in [0.25, 0.3) is 6.08 Å². The molecule has 1 unspecified atom stereocenters. The number of phenolic OH excluding ortho intramolecular Hbond substituents is 1. The van der Waals surface area contributed by atoms with Crippen molar-refractivity contribution < 1.29 is 28.8 Å². The molecule has 1 atom stereocenters. The fraction of sp³-hybridized carbons (Fsp3) is 0.265. The molecule has 1 N–H and O–H groups in total. The van der Waals surface area contributed by atoms with Crippen molar-refractivity contribution in [3.8, 4) is 23.0 Å². The fourth-order valence-corrected chi connectivity index (χ4v) is 5.98. The molecule has 0 bridgehead atoms. The maximum absolute atomic E-state index is 14.0. The number of methoxy groups -OCH3 is 2. The van der Waals surface area contributed by atoms with Crippen LogP contribution in [-0.4, -0.2) is 36.5 Å². The van der Waals surface area contributed by atoms with E-state index in [1.165, 1.54) is 29.1 Å². The van der Waals surface area contributed by atoms with Gasteiger partial charge in [0.2, 0.25) is 0 Å². The lowest BCUT2D eigenvalue weighted by atomic mass is 9.95. The van der Waals surface area contributed by atoms with Crippen LogP contribution in [0, 0.1) is 0 Å². The van der Waals surface area contributed by atoms with E-state index < -0.39 is 12.0 Å². The number of hydrogen-bond acceptors (Lipinski definition) is 9. The van der Waals surface area contributed by atoms with Crippen LogP contribution in [0.5, 0.6) is 23.0 Å². The highest BCUT2D eigenvalue weighted by molar-refractivity contribution is 7.07. The number of fused-ring (bicyclic) bond motifs is 1. The molecule has 0 aliphatic carbocycles. The third kappa shape index (κ3) is 6.40. The van der Waals surface area contributed by atoms with Crippen LogP contribution in [0.2, 0.25) is 0 Å². The lowest BCUT2D eigenvalue weighted by Crippen LogP contribution is -2.39. The number of benzene rings is 3. The number of aromatic hydroxyl groups is 1. The Labute approximate surface area is 258 Å². The molecule has 1 aliphatic heterocycles. The topological polar surface area (TPSA) is 109 Å². The van der Waals surface area contributed by atoms with E-state index in [2.05, 4.69) is 11.9 Å². The molecule has 0 saturated heterocycles. The van der Waals surface area contributed by atoms with Gasteiger partial charge in [-0.3, -0.25) is 9.36 Å². The monoisotopic (exact) mass is 614 g/mol. The van der Waals surface area contributed by atoms with E-state index in [1.54, 1.807) is 44.4 Å². The molecule has 10 heteroatoms. The van der Waals surface area contributed by atoms with Crippen molar-refractivity contribution in [2.24, 2.45) is 4.99 Å². The van der Waals surface area contributed by atoms with E-state index in [0.717, 1.165) is 18.4 Å². The SMILES string of the molecule is CCCCOc1ccc(C2C(C(=O)OCc3ccccc3)=C(C)N=c3sc(=Cc4ccc(O)c(OC)c4)c(=O)n32)cc1OC. The molecule has 0 amide bonds. The molecule has 44 heavy (non-hydrogen) atoms. The smallest absolute Gasteiger partial charge is 0.338 e. The van der Waals surface area contributed by atoms with Gasteiger partial charge in [-0.15, -0.1) is 0 Å². The second-order valence-electron chi connectivity index (χ2n) is 10.2. The minimum absolute atomic E-state index is 0.00328. The first-order valence-electron chi connectivity index (χ1n) is 14.3. The molecule has 1 aromatic heterocycles. The number of aromatic nitrogens is 1. The van der Waals surface area contributed by atoms with Gasteiger partial charge >= 0.3 is 5.97 Å². The molecule has 9 nitrogen and oxygen atoms in total. The van der Waals surface area contributed by atoms with Gasteiger partial charge in [-0.25, -0.2) is 9.79 Å².